The predicted molar refractivity (Wildman–Crippen MR) is 111 cm³/mol. The van der Waals surface area contributed by atoms with Gasteiger partial charge in [-0.1, -0.05) is 30.0 Å². The van der Waals surface area contributed by atoms with E-state index in [1.807, 2.05) is 19.1 Å². The summed E-state index contributed by atoms with van der Waals surface area (Å²) >= 11 is 1.29. The molecule has 1 unspecified atom stereocenters. The lowest BCUT2D eigenvalue weighted by atomic mass is 10.1. The zero-order valence-corrected chi connectivity index (χ0v) is 17.0. The van der Waals surface area contributed by atoms with Gasteiger partial charge in [0.1, 0.15) is 22.0 Å². The molecule has 3 aromatic rings. The van der Waals surface area contributed by atoms with Crippen LogP contribution in [0.4, 0.5) is 8.78 Å². The molecular weight excluding hydrogens is 408 g/mol. The summed E-state index contributed by atoms with van der Waals surface area (Å²) < 4.78 is 32.3. The fourth-order valence-electron chi connectivity index (χ4n) is 3.13. The molecule has 0 aliphatic carbocycles. The van der Waals surface area contributed by atoms with Crippen LogP contribution in [0.1, 0.15) is 32.4 Å². The molecule has 4 rings (SSSR count). The van der Waals surface area contributed by atoms with Gasteiger partial charge in [-0.05, 0) is 42.8 Å². The Labute approximate surface area is 176 Å². The SMILES string of the molecule is COc1cc(F)ccc1C1SC(c2ccc(F)nc2)=NN1C(=O)c1ccccc1C. The van der Waals surface area contributed by atoms with Crippen molar-refractivity contribution in [1.29, 1.82) is 0 Å². The molecule has 0 spiro atoms. The van der Waals surface area contributed by atoms with E-state index in [0.29, 0.717) is 27.5 Å². The number of hydrogen-bond acceptors (Lipinski definition) is 5. The number of halogens is 2. The van der Waals surface area contributed by atoms with E-state index < -0.39 is 17.1 Å². The number of nitrogens with zero attached hydrogens (tertiary/aromatic N) is 3. The highest BCUT2D eigenvalue weighted by atomic mass is 32.2. The number of thioether (sulfide) groups is 1. The second-order valence-corrected chi connectivity index (χ2v) is 7.66. The zero-order valence-electron chi connectivity index (χ0n) is 16.2. The van der Waals surface area contributed by atoms with Gasteiger partial charge < -0.3 is 4.74 Å². The second kappa shape index (κ2) is 8.23. The topological polar surface area (TPSA) is 54.8 Å². The van der Waals surface area contributed by atoms with Crippen molar-refractivity contribution >= 4 is 22.7 Å². The van der Waals surface area contributed by atoms with E-state index in [1.165, 1.54) is 48.3 Å². The van der Waals surface area contributed by atoms with Gasteiger partial charge in [-0.25, -0.2) is 14.4 Å². The minimum atomic E-state index is -0.605. The quantitative estimate of drug-likeness (QED) is 0.557. The average Bonchev–Trinajstić information content (AvgIpc) is 3.19. The lowest BCUT2D eigenvalue weighted by Crippen LogP contribution is -2.27. The van der Waals surface area contributed by atoms with Crippen molar-refractivity contribution in [3.05, 3.63) is 94.8 Å². The van der Waals surface area contributed by atoms with Gasteiger partial charge in [0, 0.05) is 29.0 Å². The van der Waals surface area contributed by atoms with Crippen molar-refractivity contribution in [3.8, 4) is 5.75 Å². The molecule has 1 atom stereocenters. The first kappa shape index (κ1) is 20.0. The summed E-state index contributed by atoms with van der Waals surface area (Å²) in [5, 5.41) is 5.77. The molecule has 30 heavy (non-hydrogen) atoms. The molecule has 1 aromatic heterocycles. The van der Waals surface area contributed by atoms with E-state index in [4.69, 9.17) is 4.74 Å². The molecule has 1 aliphatic rings. The van der Waals surface area contributed by atoms with Crippen LogP contribution in [0.15, 0.2) is 65.9 Å². The highest BCUT2D eigenvalue weighted by Crippen LogP contribution is 2.45. The number of hydrogen-bond donors (Lipinski definition) is 0. The monoisotopic (exact) mass is 425 g/mol. The zero-order chi connectivity index (χ0) is 21.3. The number of carbonyl (C=O) groups is 1. The first-order chi connectivity index (χ1) is 14.5. The Bertz CT molecular complexity index is 1140. The Kier molecular flexibility index (Phi) is 5.50. The third-order valence-corrected chi connectivity index (χ3v) is 5.88. The molecule has 8 heteroatoms. The number of amides is 1. The molecule has 0 fully saturated rings. The van der Waals surface area contributed by atoms with E-state index in [2.05, 4.69) is 10.1 Å². The number of ether oxygens (including phenoxy) is 1. The Morgan fingerprint density at radius 3 is 2.63 bits per heavy atom. The number of pyridine rings is 1. The summed E-state index contributed by atoms with van der Waals surface area (Å²) in [6, 6.07) is 14.1. The molecular formula is C22H17F2N3O2S. The van der Waals surface area contributed by atoms with Gasteiger partial charge in [0.2, 0.25) is 5.95 Å². The van der Waals surface area contributed by atoms with Crippen molar-refractivity contribution in [1.82, 2.24) is 9.99 Å². The predicted octanol–water partition coefficient (Wildman–Crippen LogP) is 4.93. The highest BCUT2D eigenvalue weighted by Gasteiger charge is 2.36. The standard InChI is InChI=1S/C22H17F2N3O2S/c1-13-5-3-4-6-16(13)21(28)27-22(17-9-8-15(23)11-18(17)29-2)30-20(26-27)14-7-10-19(24)25-12-14/h3-12,22H,1-2H3. The van der Waals surface area contributed by atoms with Gasteiger partial charge in [-0.2, -0.15) is 9.49 Å². The van der Waals surface area contributed by atoms with Crippen LogP contribution in [-0.2, 0) is 0 Å². The maximum Gasteiger partial charge on any atom is 0.275 e. The second-order valence-electron chi connectivity index (χ2n) is 6.60. The summed E-state index contributed by atoms with van der Waals surface area (Å²) in [6.45, 7) is 1.85. The van der Waals surface area contributed by atoms with Crippen molar-refractivity contribution in [3.63, 3.8) is 0 Å². The van der Waals surface area contributed by atoms with E-state index in [0.717, 1.165) is 5.56 Å². The van der Waals surface area contributed by atoms with Gasteiger partial charge in [0.25, 0.3) is 5.91 Å². The molecule has 0 bridgehead atoms. The highest BCUT2D eigenvalue weighted by molar-refractivity contribution is 8.14. The largest absolute Gasteiger partial charge is 0.496 e. The van der Waals surface area contributed by atoms with Crippen LogP contribution in [0.2, 0.25) is 0 Å². The van der Waals surface area contributed by atoms with Crippen LogP contribution >= 0.6 is 11.8 Å². The Hall–Kier alpha value is -3.26. The van der Waals surface area contributed by atoms with Crippen molar-refractivity contribution < 1.29 is 18.3 Å². The summed E-state index contributed by atoms with van der Waals surface area (Å²) in [4.78, 5) is 17.0. The van der Waals surface area contributed by atoms with Gasteiger partial charge in [0.05, 0.1) is 7.11 Å². The smallest absolute Gasteiger partial charge is 0.275 e. The average molecular weight is 425 g/mol. The summed E-state index contributed by atoms with van der Waals surface area (Å²) in [5.41, 5.74) is 2.49. The van der Waals surface area contributed by atoms with Crippen LogP contribution in [0.5, 0.6) is 5.75 Å². The first-order valence-electron chi connectivity index (χ1n) is 9.07. The summed E-state index contributed by atoms with van der Waals surface area (Å²) in [7, 11) is 1.44. The molecule has 0 radical (unpaired) electrons. The van der Waals surface area contributed by atoms with Crippen LogP contribution in [0.25, 0.3) is 0 Å². The summed E-state index contributed by atoms with van der Waals surface area (Å²) in [6.07, 6.45) is 1.36. The van der Waals surface area contributed by atoms with Crippen LogP contribution in [0, 0.1) is 18.7 Å². The van der Waals surface area contributed by atoms with Crippen LogP contribution in [0.3, 0.4) is 0 Å². The van der Waals surface area contributed by atoms with E-state index in [9.17, 15) is 13.6 Å². The third kappa shape index (κ3) is 3.78. The Morgan fingerprint density at radius 1 is 1.13 bits per heavy atom. The Balaban J connectivity index is 1.79. The van der Waals surface area contributed by atoms with Crippen molar-refractivity contribution in [2.24, 2.45) is 5.10 Å². The maximum absolute atomic E-state index is 13.7. The summed E-state index contributed by atoms with van der Waals surface area (Å²) in [5.74, 6) is -1.04. The van der Waals surface area contributed by atoms with Crippen LogP contribution in [-0.4, -0.2) is 28.1 Å². The van der Waals surface area contributed by atoms with E-state index in [1.54, 1.807) is 24.3 Å². The molecule has 2 heterocycles. The number of benzene rings is 2. The lowest BCUT2D eigenvalue weighted by molar-refractivity contribution is 0.0747. The minimum absolute atomic E-state index is 0.304. The van der Waals surface area contributed by atoms with E-state index >= 15 is 0 Å². The molecule has 0 saturated heterocycles. The molecule has 5 nitrogen and oxygen atoms in total. The van der Waals surface area contributed by atoms with Crippen molar-refractivity contribution in [2.75, 3.05) is 7.11 Å². The molecule has 1 aliphatic heterocycles. The number of aryl methyl sites for hydroxylation is 1. The van der Waals surface area contributed by atoms with E-state index in [-0.39, 0.29) is 5.91 Å². The fraction of sp³-hybridized carbons (Fsp3) is 0.136. The molecule has 1 amide bonds. The maximum atomic E-state index is 13.7. The molecule has 0 saturated carbocycles. The first-order valence-corrected chi connectivity index (χ1v) is 9.95. The normalized spacial score (nSPS) is 15.8. The number of hydrazone groups is 1. The van der Waals surface area contributed by atoms with Gasteiger partial charge in [0.15, 0.2) is 0 Å². The number of carbonyl (C=O) groups excluding carboxylic acids is 1. The van der Waals surface area contributed by atoms with Crippen LogP contribution < -0.4 is 4.74 Å². The number of rotatable bonds is 4. The van der Waals surface area contributed by atoms with Crippen molar-refractivity contribution in [2.45, 2.75) is 12.3 Å². The number of methoxy groups -OCH3 is 1. The lowest BCUT2D eigenvalue weighted by Gasteiger charge is -2.23. The van der Waals surface area contributed by atoms with Gasteiger partial charge in [-0.3, -0.25) is 4.79 Å². The fourth-order valence-corrected chi connectivity index (χ4v) is 4.30. The van der Waals surface area contributed by atoms with Gasteiger partial charge in [-0.15, -0.1) is 0 Å². The molecule has 2 aromatic carbocycles. The molecule has 0 N–H and O–H groups in total. The molecule has 152 valence electrons. The number of aromatic nitrogens is 1. The van der Waals surface area contributed by atoms with Gasteiger partial charge >= 0.3 is 0 Å². The Morgan fingerprint density at radius 2 is 1.93 bits per heavy atom. The third-order valence-electron chi connectivity index (χ3n) is 4.66. The minimum Gasteiger partial charge on any atom is -0.496 e.